The fourth-order valence-corrected chi connectivity index (χ4v) is 6.74. The highest BCUT2D eigenvalue weighted by Gasteiger charge is 2.35. The van der Waals surface area contributed by atoms with Crippen LogP contribution >= 0.6 is 34.8 Å². The molecule has 242 valence electrons. The quantitative estimate of drug-likeness (QED) is 0.153. The molecule has 0 saturated heterocycles. The number of nitrogens with one attached hydrogen (secondary N) is 1. The maximum Gasteiger partial charge on any atom is 0.264 e. The second kappa shape index (κ2) is 16.2. The number of halogens is 3. The van der Waals surface area contributed by atoms with Crippen LogP contribution in [0.1, 0.15) is 25.0 Å². The molecule has 0 saturated carbocycles. The Kier molecular flexibility index (Phi) is 12.3. The molecule has 0 aliphatic carbocycles. The summed E-state index contributed by atoms with van der Waals surface area (Å²) in [5.74, 6) is -0.736. The summed E-state index contributed by atoms with van der Waals surface area (Å²) in [7, 11) is -4.33. The Balaban J connectivity index is 1.84. The van der Waals surface area contributed by atoms with Gasteiger partial charge in [0.05, 0.1) is 27.2 Å². The van der Waals surface area contributed by atoms with Crippen molar-refractivity contribution in [2.24, 2.45) is 0 Å². The van der Waals surface area contributed by atoms with E-state index in [0.717, 1.165) is 9.87 Å². The summed E-state index contributed by atoms with van der Waals surface area (Å²) in [6.07, 6.45) is 0.180. The molecular formula is C34H34Cl3N3O5S. The maximum absolute atomic E-state index is 14.5. The van der Waals surface area contributed by atoms with Crippen LogP contribution in [0.4, 0.5) is 5.69 Å². The summed E-state index contributed by atoms with van der Waals surface area (Å²) in [5, 5.41) is 3.80. The fourth-order valence-electron chi connectivity index (χ4n) is 4.87. The van der Waals surface area contributed by atoms with Crippen LogP contribution in [0.5, 0.6) is 5.75 Å². The lowest BCUT2D eigenvalue weighted by Crippen LogP contribution is -2.53. The number of carbonyl (C=O) groups is 2. The van der Waals surface area contributed by atoms with Crippen molar-refractivity contribution in [3.63, 3.8) is 0 Å². The second-order valence-corrected chi connectivity index (χ2v) is 13.3. The van der Waals surface area contributed by atoms with Gasteiger partial charge in [-0.1, -0.05) is 83.3 Å². The summed E-state index contributed by atoms with van der Waals surface area (Å²) in [4.78, 5) is 29.5. The predicted octanol–water partition coefficient (Wildman–Crippen LogP) is 7.02. The predicted molar refractivity (Wildman–Crippen MR) is 183 cm³/mol. The van der Waals surface area contributed by atoms with E-state index in [9.17, 15) is 18.0 Å². The number of rotatable bonds is 14. The van der Waals surface area contributed by atoms with Crippen molar-refractivity contribution in [2.75, 3.05) is 24.0 Å². The Bertz CT molecular complexity index is 1760. The molecule has 2 amide bonds. The Morgan fingerprint density at radius 1 is 0.826 bits per heavy atom. The number of anilines is 1. The zero-order valence-electron chi connectivity index (χ0n) is 25.3. The van der Waals surface area contributed by atoms with Gasteiger partial charge in [-0.2, -0.15) is 0 Å². The van der Waals surface area contributed by atoms with Crippen LogP contribution in [-0.4, -0.2) is 50.9 Å². The number of likely N-dealkylation sites (N-methyl/N-ethyl adjacent to an activating group) is 1. The molecule has 0 heterocycles. The van der Waals surface area contributed by atoms with Crippen LogP contribution in [0.25, 0.3) is 0 Å². The van der Waals surface area contributed by atoms with E-state index < -0.39 is 28.5 Å². The van der Waals surface area contributed by atoms with Crippen molar-refractivity contribution < 1.29 is 22.7 Å². The van der Waals surface area contributed by atoms with Crippen LogP contribution < -0.4 is 14.4 Å². The van der Waals surface area contributed by atoms with Crippen LogP contribution in [0.2, 0.25) is 15.1 Å². The van der Waals surface area contributed by atoms with Gasteiger partial charge in [-0.15, -0.1) is 0 Å². The van der Waals surface area contributed by atoms with E-state index in [2.05, 4.69) is 5.32 Å². The van der Waals surface area contributed by atoms with Crippen molar-refractivity contribution in [3.05, 3.63) is 123 Å². The molecule has 4 rings (SSSR count). The minimum Gasteiger partial charge on any atom is -0.492 e. The molecule has 0 spiro atoms. The van der Waals surface area contributed by atoms with Crippen molar-refractivity contribution in [1.82, 2.24) is 10.2 Å². The van der Waals surface area contributed by atoms with Crippen molar-refractivity contribution in [3.8, 4) is 5.75 Å². The van der Waals surface area contributed by atoms with Gasteiger partial charge in [0, 0.05) is 24.5 Å². The molecule has 0 aliphatic rings. The number of hydrogen-bond acceptors (Lipinski definition) is 5. The smallest absolute Gasteiger partial charge is 0.264 e. The van der Waals surface area contributed by atoms with E-state index in [-0.39, 0.29) is 46.8 Å². The maximum atomic E-state index is 14.5. The van der Waals surface area contributed by atoms with Crippen molar-refractivity contribution in [2.45, 2.75) is 37.8 Å². The Hall–Kier alpha value is -3.76. The average molecular weight is 703 g/mol. The molecule has 0 aliphatic heterocycles. The summed E-state index contributed by atoms with van der Waals surface area (Å²) in [6, 6.07) is 25.5. The lowest BCUT2D eigenvalue weighted by molar-refractivity contribution is -0.140. The molecule has 0 bridgehead atoms. The highest BCUT2D eigenvalue weighted by molar-refractivity contribution is 7.92. The SMILES string of the molecule is CCNC(=O)[C@@H](Cc1ccccc1)N(Cc1ccc(Cl)c(Cl)c1)C(=O)CN(c1ccccc1OCC)S(=O)(=O)c1ccc(Cl)cc1. The zero-order valence-corrected chi connectivity index (χ0v) is 28.4. The van der Waals surface area contributed by atoms with Crippen molar-refractivity contribution in [1.29, 1.82) is 0 Å². The van der Waals surface area contributed by atoms with Gasteiger partial charge in [-0.25, -0.2) is 8.42 Å². The number of sulfonamides is 1. The number of para-hydroxylation sites is 2. The molecule has 46 heavy (non-hydrogen) atoms. The fraction of sp³-hybridized carbons (Fsp3) is 0.235. The first kappa shape index (κ1) is 35.1. The monoisotopic (exact) mass is 701 g/mol. The van der Waals surface area contributed by atoms with Gasteiger partial charge >= 0.3 is 0 Å². The molecule has 1 N–H and O–H groups in total. The number of amides is 2. The van der Waals surface area contributed by atoms with Gasteiger partial charge in [0.15, 0.2) is 0 Å². The number of carbonyl (C=O) groups excluding carboxylic acids is 2. The highest BCUT2D eigenvalue weighted by Crippen LogP contribution is 2.33. The van der Waals surface area contributed by atoms with Gasteiger partial charge < -0.3 is 15.0 Å². The van der Waals surface area contributed by atoms with Gasteiger partial charge in [-0.05, 0) is 73.5 Å². The van der Waals surface area contributed by atoms with E-state index in [1.807, 2.05) is 30.3 Å². The molecule has 8 nitrogen and oxygen atoms in total. The molecule has 0 fully saturated rings. The lowest BCUT2D eigenvalue weighted by atomic mass is 10.0. The van der Waals surface area contributed by atoms with Gasteiger partial charge in [0.1, 0.15) is 18.3 Å². The minimum atomic E-state index is -4.33. The van der Waals surface area contributed by atoms with Crippen LogP contribution in [0.15, 0.2) is 102 Å². The Morgan fingerprint density at radius 3 is 2.15 bits per heavy atom. The number of ether oxygens (including phenoxy) is 1. The minimum absolute atomic E-state index is 0.0493. The molecule has 4 aromatic rings. The topological polar surface area (TPSA) is 96.0 Å². The number of benzene rings is 4. The van der Waals surface area contributed by atoms with E-state index in [1.54, 1.807) is 56.3 Å². The van der Waals surface area contributed by atoms with Crippen LogP contribution in [0.3, 0.4) is 0 Å². The van der Waals surface area contributed by atoms with E-state index in [4.69, 9.17) is 39.5 Å². The Labute approximate surface area is 284 Å². The number of nitrogens with zero attached hydrogens (tertiary/aromatic N) is 2. The van der Waals surface area contributed by atoms with Crippen molar-refractivity contribution >= 4 is 62.3 Å². The van der Waals surface area contributed by atoms with E-state index >= 15 is 0 Å². The standard InChI is InChI=1S/C34H34Cl3N3O5S/c1-3-38-34(42)31(21-24-10-6-5-7-11-24)39(22-25-14-19-28(36)29(37)20-25)33(41)23-40(30-12-8-9-13-32(30)45-4-2)46(43,44)27-17-15-26(35)16-18-27/h5-20,31H,3-4,21-23H2,1-2H3,(H,38,42)/t31-/m1/s1. The molecular weight excluding hydrogens is 669 g/mol. The Morgan fingerprint density at radius 2 is 1.50 bits per heavy atom. The lowest BCUT2D eigenvalue weighted by Gasteiger charge is -2.34. The van der Waals surface area contributed by atoms with Gasteiger partial charge in [0.2, 0.25) is 11.8 Å². The molecule has 4 aromatic carbocycles. The molecule has 12 heteroatoms. The molecule has 0 aromatic heterocycles. The highest BCUT2D eigenvalue weighted by atomic mass is 35.5. The summed E-state index contributed by atoms with van der Waals surface area (Å²) >= 11 is 18.6. The zero-order chi connectivity index (χ0) is 33.3. The second-order valence-electron chi connectivity index (χ2n) is 10.2. The van der Waals surface area contributed by atoms with Gasteiger partial charge in [0.25, 0.3) is 10.0 Å². The third-order valence-electron chi connectivity index (χ3n) is 7.07. The summed E-state index contributed by atoms with van der Waals surface area (Å²) < 4.78 is 35.3. The van der Waals surface area contributed by atoms with E-state index in [0.29, 0.717) is 22.2 Å². The molecule has 1 atom stereocenters. The normalized spacial score (nSPS) is 11.8. The average Bonchev–Trinajstić information content (AvgIpc) is 3.04. The first-order valence-electron chi connectivity index (χ1n) is 14.6. The van der Waals surface area contributed by atoms with Gasteiger partial charge in [-0.3, -0.25) is 13.9 Å². The van der Waals surface area contributed by atoms with Crippen LogP contribution in [-0.2, 0) is 32.6 Å². The summed E-state index contributed by atoms with van der Waals surface area (Å²) in [5.41, 5.74) is 1.59. The number of hydrogen-bond donors (Lipinski definition) is 1. The first-order chi connectivity index (χ1) is 22.0. The van der Waals surface area contributed by atoms with Crippen LogP contribution in [0, 0.1) is 0 Å². The third kappa shape index (κ3) is 8.73. The van der Waals surface area contributed by atoms with E-state index in [1.165, 1.54) is 29.2 Å². The molecule has 0 unspecified atom stereocenters. The molecule has 0 radical (unpaired) electrons. The largest absolute Gasteiger partial charge is 0.492 e. The first-order valence-corrected chi connectivity index (χ1v) is 17.2. The third-order valence-corrected chi connectivity index (χ3v) is 9.84. The summed E-state index contributed by atoms with van der Waals surface area (Å²) in [6.45, 7) is 3.47.